The molecule has 1 N–H and O–H groups in total. The van der Waals surface area contributed by atoms with Crippen LogP contribution in [-0.2, 0) is 26.6 Å². The number of aryl methyl sites for hydroxylation is 1. The van der Waals surface area contributed by atoms with Gasteiger partial charge in [-0.3, -0.25) is 9.36 Å². The van der Waals surface area contributed by atoms with Crippen molar-refractivity contribution >= 4 is 34.1 Å². The molecular weight excluding hydrogens is 445 g/mol. The SMILES string of the molecule is Cn1c2c(c3ccc(-n4ccc(OCc5ccc(Cl)cc5Cl)cc4=O)cc31)CNCCC2. The van der Waals surface area contributed by atoms with Crippen LogP contribution in [0.4, 0.5) is 0 Å². The van der Waals surface area contributed by atoms with Crippen molar-refractivity contribution in [1.82, 2.24) is 14.5 Å². The molecule has 0 bridgehead atoms. The Morgan fingerprint density at radius 2 is 1.97 bits per heavy atom. The highest BCUT2D eigenvalue weighted by Gasteiger charge is 2.17. The molecule has 164 valence electrons. The topological polar surface area (TPSA) is 48.2 Å². The maximum absolute atomic E-state index is 12.8. The Kier molecular flexibility index (Phi) is 5.72. The first-order valence-electron chi connectivity index (χ1n) is 10.6. The Hall–Kier alpha value is -2.73. The second-order valence-electron chi connectivity index (χ2n) is 8.06. The number of nitrogens with one attached hydrogen (secondary N) is 1. The first-order chi connectivity index (χ1) is 15.5. The zero-order valence-corrected chi connectivity index (χ0v) is 19.2. The normalized spacial score (nSPS) is 13.7. The number of benzene rings is 2. The van der Waals surface area contributed by atoms with Gasteiger partial charge < -0.3 is 14.6 Å². The average Bonchev–Trinajstić information content (AvgIpc) is 2.93. The molecule has 3 heterocycles. The summed E-state index contributed by atoms with van der Waals surface area (Å²) >= 11 is 12.1. The van der Waals surface area contributed by atoms with Crippen molar-refractivity contribution < 1.29 is 4.74 Å². The molecule has 0 saturated carbocycles. The molecule has 0 amide bonds. The lowest BCUT2D eigenvalue weighted by atomic mass is 10.1. The van der Waals surface area contributed by atoms with Crippen LogP contribution in [0, 0.1) is 0 Å². The third-order valence-corrected chi connectivity index (χ3v) is 6.66. The van der Waals surface area contributed by atoms with Gasteiger partial charge in [0.05, 0.1) is 11.2 Å². The van der Waals surface area contributed by atoms with Crippen molar-refractivity contribution in [3.05, 3.63) is 91.9 Å². The fourth-order valence-electron chi connectivity index (χ4n) is 4.38. The van der Waals surface area contributed by atoms with E-state index in [1.807, 2.05) is 12.1 Å². The molecule has 32 heavy (non-hydrogen) atoms. The molecule has 0 saturated heterocycles. The maximum atomic E-state index is 12.8. The molecule has 0 unspecified atom stereocenters. The zero-order valence-electron chi connectivity index (χ0n) is 17.7. The minimum absolute atomic E-state index is 0.151. The molecule has 1 aliphatic rings. The summed E-state index contributed by atoms with van der Waals surface area (Å²) in [6.07, 6.45) is 3.94. The number of fused-ring (bicyclic) bond motifs is 3. The smallest absolute Gasteiger partial charge is 0.258 e. The Balaban J connectivity index is 1.42. The maximum Gasteiger partial charge on any atom is 0.258 e. The molecule has 2 aromatic carbocycles. The van der Waals surface area contributed by atoms with Gasteiger partial charge in [0.15, 0.2) is 0 Å². The van der Waals surface area contributed by atoms with E-state index in [4.69, 9.17) is 27.9 Å². The van der Waals surface area contributed by atoms with Gasteiger partial charge in [-0.25, -0.2) is 0 Å². The van der Waals surface area contributed by atoms with Crippen molar-refractivity contribution in [1.29, 1.82) is 0 Å². The largest absolute Gasteiger partial charge is 0.489 e. The highest BCUT2D eigenvalue weighted by molar-refractivity contribution is 6.35. The minimum atomic E-state index is -0.151. The van der Waals surface area contributed by atoms with Crippen molar-refractivity contribution in [2.24, 2.45) is 7.05 Å². The molecule has 7 heteroatoms. The second-order valence-corrected chi connectivity index (χ2v) is 8.90. The summed E-state index contributed by atoms with van der Waals surface area (Å²) in [4.78, 5) is 12.8. The second kappa shape index (κ2) is 8.66. The Morgan fingerprint density at radius 1 is 1.09 bits per heavy atom. The highest BCUT2D eigenvalue weighted by atomic mass is 35.5. The third-order valence-electron chi connectivity index (χ3n) is 6.07. The number of hydrogen-bond donors (Lipinski definition) is 1. The molecule has 1 aliphatic heterocycles. The monoisotopic (exact) mass is 467 g/mol. The van der Waals surface area contributed by atoms with Crippen LogP contribution in [0.2, 0.25) is 10.0 Å². The van der Waals surface area contributed by atoms with Crippen LogP contribution < -0.4 is 15.6 Å². The molecule has 5 rings (SSSR count). The Morgan fingerprint density at radius 3 is 2.78 bits per heavy atom. The number of hydrogen-bond acceptors (Lipinski definition) is 3. The molecule has 5 nitrogen and oxygen atoms in total. The summed E-state index contributed by atoms with van der Waals surface area (Å²) in [7, 11) is 2.11. The van der Waals surface area contributed by atoms with Crippen LogP contribution in [-0.4, -0.2) is 15.7 Å². The first-order valence-corrected chi connectivity index (χ1v) is 11.4. The van der Waals surface area contributed by atoms with E-state index in [1.165, 1.54) is 22.7 Å². The third kappa shape index (κ3) is 3.92. The summed E-state index contributed by atoms with van der Waals surface area (Å²) in [5.41, 5.74) is 5.37. The van der Waals surface area contributed by atoms with Crippen LogP contribution >= 0.6 is 23.2 Å². The quantitative estimate of drug-likeness (QED) is 0.445. The van der Waals surface area contributed by atoms with Crippen molar-refractivity contribution in [2.45, 2.75) is 26.0 Å². The van der Waals surface area contributed by atoms with E-state index in [9.17, 15) is 4.79 Å². The number of rotatable bonds is 4. The fourth-order valence-corrected chi connectivity index (χ4v) is 4.84. The van der Waals surface area contributed by atoms with Gasteiger partial charge in [-0.05, 0) is 55.3 Å². The average molecular weight is 468 g/mol. The van der Waals surface area contributed by atoms with Gasteiger partial charge in [-0.2, -0.15) is 0 Å². The number of nitrogens with zero attached hydrogens (tertiary/aromatic N) is 2. The van der Waals surface area contributed by atoms with Crippen LogP contribution in [0.15, 0.2) is 59.5 Å². The lowest BCUT2D eigenvalue weighted by molar-refractivity contribution is 0.305. The predicted molar refractivity (Wildman–Crippen MR) is 129 cm³/mol. The predicted octanol–water partition coefficient (Wildman–Crippen LogP) is 5.25. The molecule has 0 radical (unpaired) electrons. The molecule has 0 spiro atoms. The van der Waals surface area contributed by atoms with Gasteiger partial charge in [-0.15, -0.1) is 0 Å². The van der Waals surface area contributed by atoms with E-state index < -0.39 is 0 Å². The summed E-state index contributed by atoms with van der Waals surface area (Å²) in [5, 5.41) is 5.86. The number of halogens is 2. The highest BCUT2D eigenvalue weighted by Crippen LogP contribution is 2.29. The van der Waals surface area contributed by atoms with E-state index in [1.54, 1.807) is 29.0 Å². The lowest BCUT2D eigenvalue weighted by Crippen LogP contribution is -2.16. The number of pyridine rings is 1. The molecule has 2 aromatic heterocycles. The Bertz CT molecular complexity index is 1370. The van der Waals surface area contributed by atoms with Crippen LogP contribution in [0.25, 0.3) is 16.6 Å². The van der Waals surface area contributed by atoms with Crippen molar-refractivity contribution in [3.8, 4) is 11.4 Å². The minimum Gasteiger partial charge on any atom is -0.489 e. The van der Waals surface area contributed by atoms with E-state index in [-0.39, 0.29) is 12.2 Å². The van der Waals surface area contributed by atoms with Gasteiger partial charge in [0.25, 0.3) is 5.56 Å². The van der Waals surface area contributed by atoms with Gasteiger partial charge in [-0.1, -0.05) is 35.3 Å². The summed E-state index contributed by atoms with van der Waals surface area (Å²) in [5.74, 6) is 0.495. The van der Waals surface area contributed by atoms with Gasteiger partial charge in [0.1, 0.15) is 12.4 Å². The lowest BCUT2D eigenvalue weighted by Gasteiger charge is -2.11. The van der Waals surface area contributed by atoms with Crippen molar-refractivity contribution in [3.63, 3.8) is 0 Å². The van der Waals surface area contributed by atoms with Crippen LogP contribution in [0.1, 0.15) is 23.2 Å². The van der Waals surface area contributed by atoms with E-state index in [0.29, 0.717) is 15.8 Å². The molecular formula is C25H23Cl2N3O2. The number of aromatic nitrogens is 2. The van der Waals surface area contributed by atoms with Crippen LogP contribution in [0.5, 0.6) is 5.75 Å². The zero-order chi connectivity index (χ0) is 22.2. The van der Waals surface area contributed by atoms with Gasteiger partial charge in [0.2, 0.25) is 0 Å². The molecule has 0 atom stereocenters. The first kappa shape index (κ1) is 21.1. The fraction of sp³-hybridized carbons (Fsp3) is 0.240. The van der Waals surface area contributed by atoms with Gasteiger partial charge >= 0.3 is 0 Å². The Labute approximate surface area is 196 Å². The summed E-state index contributed by atoms with van der Waals surface area (Å²) < 4.78 is 9.69. The van der Waals surface area contributed by atoms with E-state index in [2.05, 4.69) is 29.1 Å². The molecule has 4 aromatic rings. The summed E-state index contributed by atoms with van der Waals surface area (Å²) in [6, 6.07) is 14.8. The van der Waals surface area contributed by atoms with E-state index >= 15 is 0 Å². The summed E-state index contributed by atoms with van der Waals surface area (Å²) in [6.45, 7) is 2.19. The van der Waals surface area contributed by atoms with Crippen LogP contribution in [0.3, 0.4) is 0 Å². The van der Waals surface area contributed by atoms with E-state index in [0.717, 1.165) is 42.7 Å². The molecule has 0 fully saturated rings. The standard InChI is InChI=1S/C25H23Cl2N3O2/c1-29-23-3-2-9-28-14-21(23)20-7-6-18(12-24(20)29)30-10-8-19(13-25(30)31)32-15-16-4-5-17(26)11-22(16)27/h4-8,10-13,28H,2-3,9,14-15H2,1H3. The molecule has 0 aliphatic carbocycles. The number of ether oxygens (including phenoxy) is 1. The van der Waals surface area contributed by atoms with Gasteiger partial charge in [0, 0.05) is 52.5 Å². The van der Waals surface area contributed by atoms with Crippen molar-refractivity contribution in [2.75, 3.05) is 6.54 Å².